The van der Waals surface area contributed by atoms with E-state index < -0.39 is 0 Å². The van der Waals surface area contributed by atoms with Crippen LogP contribution in [0.4, 0.5) is 5.95 Å². The fourth-order valence-electron chi connectivity index (χ4n) is 1.35. The van der Waals surface area contributed by atoms with E-state index in [9.17, 15) is 0 Å². The highest BCUT2D eigenvalue weighted by molar-refractivity contribution is 7.11. The summed E-state index contributed by atoms with van der Waals surface area (Å²) < 4.78 is 5.20. The summed E-state index contributed by atoms with van der Waals surface area (Å²) in [4.78, 5) is 14.5. The third kappa shape index (κ3) is 3.54. The van der Waals surface area contributed by atoms with Gasteiger partial charge in [0.05, 0.1) is 13.2 Å². The molecular formula is C11H13ClN4OS. The monoisotopic (exact) mass is 284 g/mol. The molecule has 0 bridgehead atoms. The fraction of sp³-hybridized carbons (Fsp3) is 0.364. The Bertz CT molecular complexity index is 532. The molecule has 0 saturated heterocycles. The Labute approximate surface area is 114 Å². The van der Waals surface area contributed by atoms with Crippen LogP contribution in [0.15, 0.2) is 12.1 Å². The molecule has 7 heteroatoms. The van der Waals surface area contributed by atoms with Crippen molar-refractivity contribution >= 4 is 28.9 Å². The van der Waals surface area contributed by atoms with Gasteiger partial charge in [-0.2, -0.15) is 15.0 Å². The van der Waals surface area contributed by atoms with Crippen LogP contribution in [0.5, 0.6) is 6.01 Å². The summed E-state index contributed by atoms with van der Waals surface area (Å²) in [5.74, 6) is 0.421. The summed E-state index contributed by atoms with van der Waals surface area (Å²) in [6.07, 6.45) is 0. The van der Waals surface area contributed by atoms with Gasteiger partial charge in [0.25, 0.3) is 0 Å². The molecule has 0 saturated carbocycles. The summed E-state index contributed by atoms with van der Waals surface area (Å²) in [6.45, 7) is 5.08. The number of thiophene rings is 1. The molecule has 0 fully saturated rings. The van der Waals surface area contributed by atoms with Crippen molar-refractivity contribution in [2.45, 2.75) is 20.4 Å². The molecule has 2 aromatic rings. The van der Waals surface area contributed by atoms with Gasteiger partial charge >= 0.3 is 6.01 Å². The van der Waals surface area contributed by atoms with Crippen molar-refractivity contribution in [3.8, 4) is 6.01 Å². The number of hydrogen-bond acceptors (Lipinski definition) is 6. The Hall–Kier alpha value is -1.40. The van der Waals surface area contributed by atoms with E-state index in [1.165, 1.54) is 9.75 Å². The lowest BCUT2D eigenvalue weighted by Gasteiger charge is -2.05. The molecule has 18 heavy (non-hydrogen) atoms. The zero-order chi connectivity index (χ0) is 13.0. The van der Waals surface area contributed by atoms with E-state index in [1.807, 2.05) is 6.92 Å². The first-order valence-corrected chi connectivity index (χ1v) is 6.70. The highest BCUT2D eigenvalue weighted by atomic mass is 35.5. The quantitative estimate of drug-likeness (QED) is 0.915. The molecule has 0 atom stereocenters. The highest BCUT2D eigenvalue weighted by Gasteiger charge is 2.05. The van der Waals surface area contributed by atoms with Gasteiger partial charge in [0.1, 0.15) is 0 Å². The Morgan fingerprint density at radius 1 is 1.33 bits per heavy atom. The maximum Gasteiger partial charge on any atom is 0.322 e. The van der Waals surface area contributed by atoms with E-state index in [-0.39, 0.29) is 11.3 Å². The van der Waals surface area contributed by atoms with Crippen LogP contribution < -0.4 is 10.1 Å². The smallest absolute Gasteiger partial charge is 0.322 e. The predicted octanol–water partition coefficient (Wildman–Crippen LogP) is 2.91. The molecule has 96 valence electrons. The first-order chi connectivity index (χ1) is 8.67. The summed E-state index contributed by atoms with van der Waals surface area (Å²) in [7, 11) is 0. The molecule has 0 unspecified atom stereocenters. The molecule has 0 aliphatic carbocycles. The molecule has 0 aliphatic rings. The number of aryl methyl sites for hydroxylation is 1. The second kappa shape index (κ2) is 5.97. The number of nitrogens with zero attached hydrogens (tertiary/aromatic N) is 3. The number of aromatic nitrogens is 3. The van der Waals surface area contributed by atoms with Crippen LogP contribution >= 0.6 is 22.9 Å². The second-order valence-corrected chi connectivity index (χ2v) is 5.22. The molecule has 1 N–H and O–H groups in total. The largest absolute Gasteiger partial charge is 0.464 e. The van der Waals surface area contributed by atoms with Crippen molar-refractivity contribution < 1.29 is 4.74 Å². The summed E-state index contributed by atoms with van der Waals surface area (Å²) in [6, 6.07) is 4.38. The van der Waals surface area contributed by atoms with Gasteiger partial charge in [-0.1, -0.05) is 0 Å². The SMILES string of the molecule is CCOc1nc(Cl)nc(NCc2ccc(C)s2)n1. The average molecular weight is 285 g/mol. The Balaban J connectivity index is 2.04. The molecule has 2 heterocycles. The van der Waals surface area contributed by atoms with E-state index in [0.29, 0.717) is 19.1 Å². The van der Waals surface area contributed by atoms with Crippen LogP contribution in [0, 0.1) is 6.92 Å². The van der Waals surface area contributed by atoms with Crippen LogP contribution in [0.2, 0.25) is 5.28 Å². The predicted molar refractivity (Wildman–Crippen MR) is 72.4 cm³/mol. The van der Waals surface area contributed by atoms with E-state index >= 15 is 0 Å². The maximum atomic E-state index is 5.79. The van der Waals surface area contributed by atoms with Crippen molar-refractivity contribution in [1.29, 1.82) is 0 Å². The molecule has 0 amide bonds. The fourth-order valence-corrected chi connectivity index (χ4v) is 2.33. The molecule has 0 aliphatic heterocycles. The molecule has 2 rings (SSSR count). The van der Waals surface area contributed by atoms with Crippen LogP contribution in [0.1, 0.15) is 16.7 Å². The third-order valence-corrected chi connectivity index (χ3v) is 3.25. The van der Waals surface area contributed by atoms with Gasteiger partial charge in [0.15, 0.2) is 0 Å². The minimum absolute atomic E-state index is 0.123. The van der Waals surface area contributed by atoms with Gasteiger partial charge in [-0.3, -0.25) is 0 Å². The molecule has 0 radical (unpaired) electrons. The van der Waals surface area contributed by atoms with Crippen LogP contribution in [0.25, 0.3) is 0 Å². The first kappa shape index (κ1) is 13.0. The molecule has 0 spiro atoms. The van der Waals surface area contributed by atoms with E-state index in [0.717, 1.165) is 0 Å². The van der Waals surface area contributed by atoms with Crippen molar-refractivity contribution in [1.82, 2.24) is 15.0 Å². The topological polar surface area (TPSA) is 59.9 Å². The van der Waals surface area contributed by atoms with E-state index in [4.69, 9.17) is 16.3 Å². The average Bonchev–Trinajstić information content (AvgIpc) is 2.72. The van der Waals surface area contributed by atoms with Crippen LogP contribution in [-0.2, 0) is 6.54 Å². The standard InChI is InChI=1S/C11H13ClN4OS/c1-3-17-11-15-9(12)14-10(16-11)13-6-8-5-4-7(2)18-8/h4-5H,3,6H2,1-2H3,(H,13,14,15,16). The Kier molecular flexibility index (Phi) is 4.33. The van der Waals surface area contributed by atoms with Crippen LogP contribution in [0.3, 0.4) is 0 Å². The zero-order valence-electron chi connectivity index (χ0n) is 10.1. The summed E-state index contributed by atoms with van der Waals surface area (Å²) in [5, 5.41) is 3.22. The number of rotatable bonds is 5. The van der Waals surface area contributed by atoms with Crippen molar-refractivity contribution in [3.63, 3.8) is 0 Å². The van der Waals surface area contributed by atoms with Crippen molar-refractivity contribution in [2.75, 3.05) is 11.9 Å². The zero-order valence-corrected chi connectivity index (χ0v) is 11.7. The summed E-state index contributed by atoms with van der Waals surface area (Å²) >= 11 is 7.52. The number of ether oxygens (including phenoxy) is 1. The van der Waals surface area contributed by atoms with Gasteiger partial charge in [-0.05, 0) is 37.6 Å². The number of nitrogens with one attached hydrogen (secondary N) is 1. The second-order valence-electron chi connectivity index (χ2n) is 3.51. The Morgan fingerprint density at radius 2 is 2.17 bits per heavy atom. The van der Waals surface area contributed by atoms with Gasteiger partial charge in [-0.25, -0.2) is 0 Å². The van der Waals surface area contributed by atoms with E-state index in [2.05, 4.69) is 39.3 Å². The third-order valence-electron chi connectivity index (χ3n) is 2.08. The minimum Gasteiger partial charge on any atom is -0.464 e. The van der Waals surface area contributed by atoms with Gasteiger partial charge < -0.3 is 10.1 Å². The number of hydrogen-bond donors (Lipinski definition) is 1. The Morgan fingerprint density at radius 3 is 2.83 bits per heavy atom. The van der Waals surface area contributed by atoms with Crippen molar-refractivity contribution in [2.24, 2.45) is 0 Å². The van der Waals surface area contributed by atoms with Crippen LogP contribution in [-0.4, -0.2) is 21.6 Å². The molecule has 5 nitrogen and oxygen atoms in total. The molecule has 0 aromatic carbocycles. The number of anilines is 1. The van der Waals surface area contributed by atoms with Gasteiger partial charge in [-0.15, -0.1) is 11.3 Å². The number of halogens is 1. The summed E-state index contributed by atoms with van der Waals surface area (Å²) in [5.41, 5.74) is 0. The normalized spacial score (nSPS) is 10.4. The molecule has 2 aromatic heterocycles. The lowest BCUT2D eigenvalue weighted by Crippen LogP contribution is -2.06. The van der Waals surface area contributed by atoms with Crippen molar-refractivity contribution in [3.05, 3.63) is 27.2 Å². The van der Waals surface area contributed by atoms with E-state index in [1.54, 1.807) is 11.3 Å². The lowest BCUT2D eigenvalue weighted by atomic mass is 10.4. The van der Waals surface area contributed by atoms with Gasteiger partial charge in [0, 0.05) is 9.75 Å². The first-order valence-electron chi connectivity index (χ1n) is 5.51. The van der Waals surface area contributed by atoms with Gasteiger partial charge in [0.2, 0.25) is 11.2 Å². The highest BCUT2D eigenvalue weighted by Crippen LogP contribution is 2.17. The minimum atomic E-state index is 0.123. The lowest BCUT2D eigenvalue weighted by molar-refractivity contribution is 0.312. The molecular weight excluding hydrogens is 272 g/mol. The maximum absolute atomic E-state index is 5.79.